The Morgan fingerprint density at radius 2 is 1.87 bits per heavy atom. The number of pyridine rings is 1. The summed E-state index contributed by atoms with van der Waals surface area (Å²) in [6, 6.07) is 6.62. The number of likely N-dealkylation sites (tertiary alicyclic amines) is 1. The zero-order valence-electron chi connectivity index (χ0n) is 13.9. The van der Waals surface area contributed by atoms with E-state index in [-0.39, 0.29) is 5.43 Å². The maximum absolute atomic E-state index is 12.9. The van der Waals surface area contributed by atoms with Gasteiger partial charge in [0.05, 0.1) is 17.2 Å². The number of aryl methyl sites for hydroxylation is 2. The van der Waals surface area contributed by atoms with Crippen LogP contribution in [-0.4, -0.2) is 39.4 Å². The van der Waals surface area contributed by atoms with Crippen LogP contribution in [0.5, 0.6) is 0 Å². The van der Waals surface area contributed by atoms with Crippen molar-refractivity contribution in [2.24, 2.45) is 7.05 Å². The Bertz CT molecular complexity index is 945. The lowest BCUT2D eigenvalue weighted by atomic mass is 10.0. The topological polar surface area (TPSA) is 43.1 Å². The molecule has 1 saturated heterocycles. The molecule has 1 aromatic carbocycles. The largest absolute Gasteiger partial charge is 0.334 e. The van der Waals surface area contributed by atoms with Crippen molar-refractivity contribution in [2.75, 3.05) is 20.1 Å². The van der Waals surface area contributed by atoms with Crippen LogP contribution < -0.4 is 5.43 Å². The highest BCUT2D eigenvalue weighted by Crippen LogP contribution is 2.29. The zero-order valence-corrected chi connectivity index (χ0v) is 13.9. The van der Waals surface area contributed by atoms with E-state index in [0.29, 0.717) is 11.6 Å². The minimum absolute atomic E-state index is 0.0860. The molecule has 3 aromatic rings. The fraction of sp³-hybridized carbons (Fsp3) is 0.444. The Morgan fingerprint density at radius 1 is 1.13 bits per heavy atom. The number of fused-ring (bicyclic) bond motifs is 2. The van der Waals surface area contributed by atoms with Crippen LogP contribution in [0.2, 0.25) is 0 Å². The Balaban J connectivity index is 2.07. The van der Waals surface area contributed by atoms with Crippen LogP contribution in [0.25, 0.3) is 21.9 Å². The minimum atomic E-state index is 0.0860. The second-order valence-corrected chi connectivity index (χ2v) is 6.76. The quantitative estimate of drug-likeness (QED) is 0.693. The normalized spacial score (nSPS) is 17.3. The van der Waals surface area contributed by atoms with Gasteiger partial charge in [-0.25, -0.2) is 0 Å². The lowest BCUT2D eigenvalue weighted by Crippen LogP contribution is -2.32. The lowest BCUT2D eigenvalue weighted by Gasteiger charge is -2.32. The fourth-order valence-corrected chi connectivity index (χ4v) is 3.81. The number of piperidine rings is 1. The molecule has 0 saturated carbocycles. The molecule has 5 heteroatoms. The molecule has 5 nitrogen and oxygen atoms in total. The van der Waals surface area contributed by atoms with E-state index in [1.165, 1.54) is 0 Å². The van der Waals surface area contributed by atoms with Crippen LogP contribution in [0.15, 0.2) is 29.2 Å². The van der Waals surface area contributed by atoms with Crippen molar-refractivity contribution in [3.05, 3.63) is 40.2 Å². The van der Waals surface area contributed by atoms with Crippen molar-refractivity contribution in [3.63, 3.8) is 0 Å². The van der Waals surface area contributed by atoms with Gasteiger partial charge in [-0.05, 0) is 52.0 Å². The molecule has 3 heterocycles. The van der Waals surface area contributed by atoms with Crippen LogP contribution in [0.4, 0.5) is 0 Å². The lowest BCUT2D eigenvalue weighted by molar-refractivity contribution is 0.226. The highest BCUT2D eigenvalue weighted by Gasteiger charge is 2.23. The van der Waals surface area contributed by atoms with Gasteiger partial charge in [0.25, 0.3) is 0 Å². The average molecular weight is 310 g/mol. The van der Waals surface area contributed by atoms with Gasteiger partial charge >= 0.3 is 0 Å². The van der Waals surface area contributed by atoms with Gasteiger partial charge in [-0.2, -0.15) is 5.10 Å². The summed E-state index contributed by atoms with van der Waals surface area (Å²) in [5, 5.41) is 5.16. The summed E-state index contributed by atoms with van der Waals surface area (Å²) in [7, 11) is 4.02. The van der Waals surface area contributed by atoms with E-state index < -0.39 is 0 Å². The molecule has 0 N–H and O–H groups in total. The van der Waals surface area contributed by atoms with Gasteiger partial charge < -0.3 is 9.47 Å². The molecule has 1 aliphatic rings. The maximum atomic E-state index is 12.9. The Hall–Kier alpha value is -2.14. The van der Waals surface area contributed by atoms with Gasteiger partial charge in [0.15, 0.2) is 0 Å². The average Bonchev–Trinajstić information content (AvgIpc) is 2.92. The highest BCUT2D eigenvalue weighted by molar-refractivity contribution is 5.92. The van der Waals surface area contributed by atoms with Crippen molar-refractivity contribution in [1.82, 2.24) is 19.2 Å². The van der Waals surface area contributed by atoms with E-state index in [2.05, 4.69) is 33.7 Å². The Morgan fingerprint density at radius 3 is 2.61 bits per heavy atom. The van der Waals surface area contributed by atoms with Crippen molar-refractivity contribution in [1.29, 1.82) is 0 Å². The molecule has 0 spiro atoms. The van der Waals surface area contributed by atoms with Gasteiger partial charge in [0.2, 0.25) is 5.43 Å². The molecule has 0 radical (unpaired) electrons. The van der Waals surface area contributed by atoms with E-state index in [1.807, 2.05) is 26.2 Å². The second kappa shape index (κ2) is 5.20. The number of aromatic nitrogens is 3. The SMILES string of the molecule is Cc1ccc2c(c1)c(=O)c1c(cnn1C)n2C1CCN(C)CC1. The highest BCUT2D eigenvalue weighted by atomic mass is 16.1. The van der Waals surface area contributed by atoms with Gasteiger partial charge in [0, 0.05) is 18.5 Å². The molecule has 0 atom stereocenters. The second-order valence-electron chi connectivity index (χ2n) is 6.76. The molecule has 0 bridgehead atoms. The van der Waals surface area contributed by atoms with E-state index in [1.54, 1.807) is 4.68 Å². The van der Waals surface area contributed by atoms with E-state index in [4.69, 9.17) is 0 Å². The third-order valence-corrected chi connectivity index (χ3v) is 5.10. The number of hydrogen-bond donors (Lipinski definition) is 0. The summed E-state index contributed by atoms with van der Waals surface area (Å²) in [6.07, 6.45) is 4.05. The molecule has 0 amide bonds. The van der Waals surface area contributed by atoms with Crippen LogP contribution in [0.1, 0.15) is 24.4 Å². The predicted octanol–water partition coefficient (Wildman–Crippen LogP) is 2.46. The maximum Gasteiger partial charge on any atom is 0.215 e. The standard InChI is InChI=1S/C18H22N4O/c1-12-4-5-15-14(10-12)18(23)17-16(11-19-21(17)3)22(15)13-6-8-20(2)9-7-13/h4-5,10-11,13H,6-9H2,1-3H3. The van der Waals surface area contributed by atoms with Crippen LogP contribution in [-0.2, 0) is 7.05 Å². The van der Waals surface area contributed by atoms with Crippen LogP contribution >= 0.6 is 0 Å². The molecule has 1 aliphatic heterocycles. The summed E-state index contributed by atoms with van der Waals surface area (Å²) in [5.74, 6) is 0. The van der Waals surface area contributed by atoms with E-state index in [9.17, 15) is 4.79 Å². The first-order valence-corrected chi connectivity index (χ1v) is 8.21. The third kappa shape index (κ3) is 2.18. The smallest absolute Gasteiger partial charge is 0.215 e. The van der Waals surface area contributed by atoms with E-state index in [0.717, 1.165) is 47.9 Å². The summed E-state index contributed by atoms with van der Waals surface area (Å²) in [5.41, 5.74) is 3.91. The first-order chi connectivity index (χ1) is 11.1. The Labute approximate surface area is 135 Å². The molecule has 1 fully saturated rings. The molecule has 120 valence electrons. The number of hydrogen-bond acceptors (Lipinski definition) is 3. The third-order valence-electron chi connectivity index (χ3n) is 5.10. The number of nitrogens with zero attached hydrogens (tertiary/aromatic N) is 4. The van der Waals surface area contributed by atoms with Gasteiger partial charge in [-0.1, -0.05) is 11.6 Å². The van der Waals surface area contributed by atoms with Gasteiger partial charge in [-0.15, -0.1) is 0 Å². The van der Waals surface area contributed by atoms with Crippen LogP contribution in [0.3, 0.4) is 0 Å². The minimum Gasteiger partial charge on any atom is -0.334 e. The predicted molar refractivity (Wildman–Crippen MR) is 93.0 cm³/mol. The molecule has 23 heavy (non-hydrogen) atoms. The molecular weight excluding hydrogens is 288 g/mol. The molecular formula is C18H22N4O. The van der Waals surface area contributed by atoms with Crippen molar-refractivity contribution >= 4 is 21.9 Å². The summed E-state index contributed by atoms with van der Waals surface area (Å²) < 4.78 is 4.07. The first-order valence-electron chi connectivity index (χ1n) is 8.21. The molecule has 4 rings (SSSR count). The van der Waals surface area contributed by atoms with Crippen molar-refractivity contribution in [3.8, 4) is 0 Å². The summed E-state index contributed by atoms with van der Waals surface area (Å²) in [6.45, 7) is 4.21. The molecule has 0 unspecified atom stereocenters. The number of benzene rings is 1. The van der Waals surface area contributed by atoms with Crippen LogP contribution in [0, 0.1) is 6.92 Å². The zero-order chi connectivity index (χ0) is 16.1. The first kappa shape index (κ1) is 14.5. The van der Waals surface area contributed by atoms with Crippen molar-refractivity contribution < 1.29 is 0 Å². The molecule has 2 aromatic heterocycles. The number of rotatable bonds is 1. The monoisotopic (exact) mass is 310 g/mol. The van der Waals surface area contributed by atoms with E-state index >= 15 is 0 Å². The van der Waals surface area contributed by atoms with Crippen molar-refractivity contribution in [2.45, 2.75) is 25.8 Å². The molecule has 0 aliphatic carbocycles. The van der Waals surface area contributed by atoms with Gasteiger partial charge in [0.1, 0.15) is 5.52 Å². The summed E-state index contributed by atoms with van der Waals surface area (Å²) in [4.78, 5) is 15.3. The Kier molecular flexibility index (Phi) is 3.27. The fourth-order valence-electron chi connectivity index (χ4n) is 3.81. The summed E-state index contributed by atoms with van der Waals surface area (Å²) >= 11 is 0. The van der Waals surface area contributed by atoms with Gasteiger partial charge in [-0.3, -0.25) is 9.48 Å².